The van der Waals surface area contributed by atoms with E-state index in [4.69, 9.17) is 4.52 Å². The van der Waals surface area contributed by atoms with Gasteiger partial charge in [-0.05, 0) is 0 Å². The topological polar surface area (TPSA) is 9.23 Å². The monoisotopic (exact) mass is 401 g/mol. The lowest BCUT2D eigenvalue weighted by Gasteiger charge is -2.27. The molecule has 27 heavy (non-hydrogen) atoms. The zero-order valence-electron chi connectivity index (χ0n) is 19.4. The zero-order chi connectivity index (χ0) is 20.1. The molecule has 0 bridgehead atoms. The highest BCUT2D eigenvalue weighted by atomic mass is 31.1. The van der Waals surface area contributed by atoms with E-state index in [1.165, 1.54) is 124 Å². The molecule has 0 saturated carbocycles. The van der Waals surface area contributed by atoms with Gasteiger partial charge in [0.25, 0.3) is 0 Å². The number of likely N-dealkylation sites (N-methyl/N-ethyl adjacent to an activating group) is 1. The average Bonchev–Trinajstić information content (AvgIpc) is 2.62. The fraction of sp³-hybridized carbons (Fsp3) is 1.00. The van der Waals surface area contributed by atoms with Crippen LogP contribution in [-0.2, 0) is 4.52 Å². The first-order valence-electron chi connectivity index (χ1n) is 12.2. The van der Waals surface area contributed by atoms with Crippen LogP contribution in [0.3, 0.4) is 0 Å². The van der Waals surface area contributed by atoms with Gasteiger partial charge in [-0.25, -0.2) is 0 Å². The standard InChI is InChI=1S/C24H52NOP/c1-5-6-7-8-9-10-11-12-13-14-15-16-17-18-19-20-21-24-27-26-23-22-25(2,3)4/h5-24H2,1-4H3. The van der Waals surface area contributed by atoms with Gasteiger partial charge < -0.3 is 17.8 Å². The van der Waals surface area contributed by atoms with Gasteiger partial charge in [-0.15, -0.1) is 0 Å². The minimum atomic E-state index is 0.893. The summed E-state index contributed by atoms with van der Waals surface area (Å²) in [7, 11) is 7.85. The molecule has 2 nitrogen and oxygen atoms in total. The molecule has 0 aromatic heterocycles. The maximum atomic E-state index is 5.70. The first kappa shape index (κ1) is 27.4. The van der Waals surface area contributed by atoms with Gasteiger partial charge in [0.2, 0.25) is 0 Å². The van der Waals surface area contributed by atoms with E-state index in [0.29, 0.717) is 0 Å². The Morgan fingerprint density at radius 2 is 0.926 bits per heavy atom. The lowest BCUT2D eigenvalue weighted by atomic mass is 10.0. The maximum Gasteiger partial charge on any atom is 0.0989 e. The van der Waals surface area contributed by atoms with E-state index in [2.05, 4.69) is 28.1 Å². The Kier molecular flexibility index (Phi) is 21.3. The first-order chi connectivity index (χ1) is 13.1. The van der Waals surface area contributed by atoms with Gasteiger partial charge >= 0.3 is 0 Å². The molecule has 0 aliphatic rings. The van der Waals surface area contributed by atoms with Crippen molar-refractivity contribution in [3.63, 3.8) is 0 Å². The molecule has 0 aliphatic carbocycles. The fourth-order valence-electron chi connectivity index (χ4n) is 3.35. The van der Waals surface area contributed by atoms with E-state index in [1.54, 1.807) is 0 Å². The number of quaternary nitrogens is 1. The van der Waals surface area contributed by atoms with E-state index < -0.39 is 0 Å². The molecule has 0 N–H and O–H groups in total. The number of hydrogen-bond acceptors (Lipinski definition) is 1. The predicted molar refractivity (Wildman–Crippen MR) is 125 cm³/mol. The van der Waals surface area contributed by atoms with E-state index in [1.807, 2.05) is 0 Å². The fourth-order valence-corrected chi connectivity index (χ4v) is 4.04. The predicted octanol–water partition coefficient (Wildman–Crippen LogP) is 8.22. The van der Waals surface area contributed by atoms with Crippen molar-refractivity contribution in [3.8, 4) is 0 Å². The second-order valence-electron chi connectivity index (χ2n) is 9.36. The van der Waals surface area contributed by atoms with E-state index in [9.17, 15) is 0 Å². The minimum Gasteiger partial charge on any atom is -0.553 e. The largest absolute Gasteiger partial charge is 0.553 e. The van der Waals surface area contributed by atoms with Gasteiger partial charge in [-0.3, -0.25) is 0 Å². The van der Waals surface area contributed by atoms with Crippen molar-refractivity contribution in [2.45, 2.75) is 116 Å². The SMILES string of the molecule is CCCCCCCCCCCCCCCCCCC[P-]OCC[N+](C)(C)C. The van der Waals surface area contributed by atoms with Crippen LogP contribution >= 0.6 is 8.81 Å². The third kappa shape index (κ3) is 26.4. The molecule has 0 rings (SSSR count). The molecule has 0 unspecified atom stereocenters. The Balaban J connectivity index is 3.01. The van der Waals surface area contributed by atoms with E-state index in [-0.39, 0.29) is 0 Å². The Morgan fingerprint density at radius 3 is 1.30 bits per heavy atom. The summed E-state index contributed by atoms with van der Waals surface area (Å²) in [5.41, 5.74) is 0. The van der Waals surface area contributed by atoms with Crippen LogP contribution in [0.25, 0.3) is 0 Å². The van der Waals surface area contributed by atoms with Crippen molar-refractivity contribution in [1.29, 1.82) is 0 Å². The molecule has 0 spiro atoms. The van der Waals surface area contributed by atoms with Crippen molar-refractivity contribution < 1.29 is 9.01 Å². The molecular weight excluding hydrogens is 349 g/mol. The number of hydrogen-bond donors (Lipinski definition) is 0. The van der Waals surface area contributed by atoms with Gasteiger partial charge in [0, 0.05) is 0 Å². The van der Waals surface area contributed by atoms with Crippen LogP contribution in [0.2, 0.25) is 0 Å². The highest BCUT2D eigenvalue weighted by molar-refractivity contribution is 7.32. The van der Waals surface area contributed by atoms with E-state index in [0.717, 1.165) is 17.6 Å². The molecule has 0 heterocycles. The number of unbranched alkanes of at least 4 members (excludes halogenated alkanes) is 16. The van der Waals surface area contributed by atoms with E-state index >= 15 is 0 Å². The summed E-state index contributed by atoms with van der Waals surface area (Å²) < 4.78 is 6.69. The molecule has 164 valence electrons. The quantitative estimate of drug-likeness (QED) is 0.101. The minimum absolute atomic E-state index is 0.893. The number of nitrogens with zero attached hydrogens (tertiary/aromatic N) is 1. The lowest BCUT2D eigenvalue weighted by molar-refractivity contribution is -0.870. The van der Waals surface area contributed by atoms with Crippen molar-refractivity contribution in [1.82, 2.24) is 0 Å². The molecule has 0 aromatic rings. The van der Waals surface area contributed by atoms with Gasteiger partial charge in [-0.1, -0.05) is 116 Å². The third-order valence-corrected chi connectivity index (χ3v) is 6.16. The van der Waals surface area contributed by atoms with Crippen molar-refractivity contribution in [3.05, 3.63) is 0 Å². The Bertz CT molecular complexity index is 278. The summed E-state index contributed by atoms with van der Waals surface area (Å²) in [5, 5.41) is 0. The van der Waals surface area contributed by atoms with Gasteiger partial charge in [-0.2, -0.15) is 6.16 Å². The Labute approximate surface area is 174 Å². The summed E-state index contributed by atoms with van der Waals surface area (Å²) >= 11 is 0. The van der Waals surface area contributed by atoms with Crippen molar-refractivity contribution >= 4 is 8.81 Å². The Morgan fingerprint density at radius 1 is 0.556 bits per heavy atom. The second-order valence-corrected chi connectivity index (χ2v) is 10.3. The second kappa shape index (κ2) is 21.1. The molecule has 3 heteroatoms. The summed E-state index contributed by atoms with van der Waals surface area (Å²) in [6, 6.07) is 0. The normalized spacial score (nSPS) is 12.4. The summed E-state index contributed by atoms with van der Waals surface area (Å²) in [6.45, 7) is 4.29. The Hall–Kier alpha value is 0.350. The molecular formula is C24H52NOP. The van der Waals surface area contributed by atoms with Crippen LogP contribution in [0, 0.1) is 0 Å². The van der Waals surface area contributed by atoms with Crippen LogP contribution in [0.1, 0.15) is 116 Å². The van der Waals surface area contributed by atoms with Crippen LogP contribution < -0.4 is 0 Å². The lowest BCUT2D eigenvalue weighted by Crippen LogP contribution is -2.37. The summed E-state index contributed by atoms with van der Waals surface area (Å²) in [6.07, 6.45) is 25.8. The smallest absolute Gasteiger partial charge is 0.0989 e. The van der Waals surface area contributed by atoms with Crippen LogP contribution in [0.5, 0.6) is 0 Å². The maximum absolute atomic E-state index is 5.70. The number of rotatable bonds is 22. The summed E-state index contributed by atoms with van der Waals surface area (Å²) in [5.74, 6) is 0. The molecule has 0 aromatic carbocycles. The molecule has 0 saturated heterocycles. The molecule has 0 atom stereocenters. The van der Waals surface area contributed by atoms with Gasteiger partial charge in [0.05, 0.1) is 34.3 Å². The van der Waals surface area contributed by atoms with Gasteiger partial charge in [0.1, 0.15) is 0 Å². The molecule has 0 fully saturated rings. The molecule has 0 amide bonds. The third-order valence-electron chi connectivity index (χ3n) is 5.30. The van der Waals surface area contributed by atoms with Crippen LogP contribution in [-0.4, -0.2) is 44.9 Å². The summed E-state index contributed by atoms with van der Waals surface area (Å²) in [4.78, 5) is 0. The first-order valence-corrected chi connectivity index (χ1v) is 13.2. The van der Waals surface area contributed by atoms with Crippen LogP contribution in [0.15, 0.2) is 0 Å². The van der Waals surface area contributed by atoms with Crippen molar-refractivity contribution in [2.24, 2.45) is 0 Å². The van der Waals surface area contributed by atoms with Crippen molar-refractivity contribution in [2.75, 3.05) is 40.5 Å². The van der Waals surface area contributed by atoms with Crippen LogP contribution in [0.4, 0.5) is 0 Å². The molecule has 0 radical (unpaired) electrons. The molecule has 0 aliphatic heterocycles. The highest BCUT2D eigenvalue weighted by Gasteiger charge is 2.03. The van der Waals surface area contributed by atoms with Gasteiger partial charge in [0.15, 0.2) is 0 Å². The highest BCUT2D eigenvalue weighted by Crippen LogP contribution is 2.17. The average molecular weight is 402 g/mol. The zero-order valence-corrected chi connectivity index (χ0v) is 20.3.